The summed E-state index contributed by atoms with van der Waals surface area (Å²) in [6.45, 7) is 4.87. The van der Waals surface area contributed by atoms with E-state index in [0.717, 1.165) is 29.9 Å². The molecule has 2 aromatic rings. The van der Waals surface area contributed by atoms with Crippen molar-refractivity contribution in [2.75, 3.05) is 11.9 Å². The first kappa shape index (κ1) is 14.3. The quantitative estimate of drug-likeness (QED) is 0.847. The molecule has 1 aromatic heterocycles. The molecule has 0 unspecified atom stereocenters. The molecule has 0 aliphatic heterocycles. The Morgan fingerprint density at radius 2 is 2.15 bits per heavy atom. The number of hydrogen-bond acceptors (Lipinski definition) is 5. The monoisotopic (exact) mass is 273 g/mol. The molecule has 0 amide bonds. The summed E-state index contributed by atoms with van der Waals surface area (Å²) in [5.74, 6) is 1.96. The standard InChI is InChI=1S/C15H19N3O2/c1-3-7-16-14-11(2)15(18-10-17-14)20-13-6-4-5-12(8-13)9-19/h4-6,8,10,19H,3,7,9H2,1-2H3,(H,16,17,18). The summed E-state index contributed by atoms with van der Waals surface area (Å²) in [4.78, 5) is 8.37. The van der Waals surface area contributed by atoms with Crippen molar-refractivity contribution in [2.24, 2.45) is 0 Å². The van der Waals surface area contributed by atoms with Gasteiger partial charge in [-0.1, -0.05) is 19.1 Å². The van der Waals surface area contributed by atoms with Gasteiger partial charge in [0.1, 0.15) is 17.9 Å². The highest BCUT2D eigenvalue weighted by Gasteiger charge is 2.09. The van der Waals surface area contributed by atoms with Crippen molar-refractivity contribution in [3.8, 4) is 11.6 Å². The molecule has 0 aliphatic rings. The Bertz CT molecular complexity index is 573. The Hall–Kier alpha value is -2.14. The molecule has 0 bridgehead atoms. The van der Waals surface area contributed by atoms with E-state index in [9.17, 15) is 0 Å². The highest BCUT2D eigenvalue weighted by atomic mass is 16.5. The van der Waals surface area contributed by atoms with Crippen molar-refractivity contribution in [2.45, 2.75) is 26.9 Å². The van der Waals surface area contributed by atoms with Crippen LogP contribution in [-0.4, -0.2) is 21.6 Å². The van der Waals surface area contributed by atoms with Crippen molar-refractivity contribution in [1.29, 1.82) is 0 Å². The van der Waals surface area contributed by atoms with Gasteiger partial charge in [-0.05, 0) is 31.0 Å². The van der Waals surface area contributed by atoms with E-state index in [4.69, 9.17) is 9.84 Å². The molecule has 2 N–H and O–H groups in total. The number of hydrogen-bond donors (Lipinski definition) is 2. The predicted octanol–water partition coefficient (Wildman–Crippen LogP) is 2.89. The molecule has 5 heteroatoms. The predicted molar refractivity (Wildman–Crippen MR) is 78.0 cm³/mol. The third-order valence-electron chi connectivity index (χ3n) is 2.88. The lowest BCUT2D eigenvalue weighted by Crippen LogP contribution is -2.05. The Kier molecular flexibility index (Phi) is 4.90. The number of ether oxygens (including phenoxy) is 1. The van der Waals surface area contributed by atoms with E-state index in [1.54, 1.807) is 6.07 Å². The highest BCUT2D eigenvalue weighted by Crippen LogP contribution is 2.26. The number of anilines is 1. The van der Waals surface area contributed by atoms with Crippen LogP contribution < -0.4 is 10.1 Å². The molecule has 0 radical (unpaired) electrons. The molecule has 1 aromatic carbocycles. The number of aliphatic hydroxyl groups is 1. The summed E-state index contributed by atoms with van der Waals surface area (Å²) in [7, 11) is 0. The van der Waals surface area contributed by atoms with Crippen molar-refractivity contribution >= 4 is 5.82 Å². The first-order chi connectivity index (χ1) is 9.74. The molecule has 0 saturated carbocycles. The first-order valence-corrected chi connectivity index (χ1v) is 6.67. The van der Waals surface area contributed by atoms with E-state index in [-0.39, 0.29) is 6.61 Å². The molecule has 0 fully saturated rings. The van der Waals surface area contributed by atoms with Gasteiger partial charge in [-0.2, -0.15) is 0 Å². The fourth-order valence-corrected chi connectivity index (χ4v) is 1.78. The molecule has 5 nitrogen and oxygen atoms in total. The largest absolute Gasteiger partial charge is 0.439 e. The lowest BCUT2D eigenvalue weighted by atomic mass is 10.2. The van der Waals surface area contributed by atoms with Gasteiger partial charge in [0.25, 0.3) is 0 Å². The topological polar surface area (TPSA) is 67.3 Å². The molecular formula is C15H19N3O2. The number of benzene rings is 1. The van der Waals surface area contributed by atoms with E-state index in [2.05, 4.69) is 22.2 Å². The van der Waals surface area contributed by atoms with Crippen LogP contribution >= 0.6 is 0 Å². The van der Waals surface area contributed by atoms with Gasteiger partial charge in [0.15, 0.2) is 0 Å². The minimum absolute atomic E-state index is 0.0107. The summed E-state index contributed by atoms with van der Waals surface area (Å²) < 4.78 is 5.77. The molecule has 0 atom stereocenters. The van der Waals surface area contributed by atoms with Crippen LogP contribution in [0.5, 0.6) is 11.6 Å². The zero-order chi connectivity index (χ0) is 14.4. The van der Waals surface area contributed by atoms with Gasteiger partial charge in [-0.25, -0.2) is 9.97 Å². The Morgan fingerprint density at radius 3 is 2.90 bits per heavy atom. The van der Waals surface area contributed by atoms with Crippen molar-refractivity contribution in [3.63, 3.8) is 0 Å². The molecule has 2 rings (SSSR count). The molecule has 1 heterocycles. The summed E-state index contributed by atoms with van der Waals surface area (Å²) in [5.41, 5.74) is 1.67. The maximum Gasteiger partial charge on any atom is 0.227 e. The number of rotatable bonds is 6. The average molecular weight is 273 g/mol. The van der Waals surface area contributed by atoms with Gasteiger partial charge in [0.05, 0.1) is 12.2 Å². The van der Waals surface area contributed by atoms with Gasteiger partial charge < -0.3 is 15.2 Å². The van der Waals surface area contributed by atoms with E-state index in [0.29, 0.717) is 11.6 Å². The molecule has 0 saturated heterocycles. The van der Waals surface area contributed by atoms with Gasteiger partial charge in [-0.15, -0.1) is 0 Å². The van der Waals surface area contributed by atoms with E-state index in [1.165, 1.54) is 6.33 Å². The summed E-state index contributed by atoms with van der Waals surface area (Å²) in [5, 5.41) is 12.4. The van der Waals surface area contributed by atoms with Crippen LogP contribution in [0.1, 0.15) is 24.5 Å². The highest BCUT2D eigenvalue weighted by molar-refractivity contribution is 5.48. The zero-order valence-corrected chi connectivity index (χ0v) is 11.8. The van der Waals surface area contributed by atoms with E-state index in [1.807, 2.05) is 25.1 Å². The van der Waals surface area contributed by atoms with Gasteiger partial charge in [-0.3, -0.25) is 0 Å². The fourth-order valence-electron chi connectivity index (χ4n) is 1.78. The number of aromatic nitrogens is 2. The Balaban J connectivity index is 2.20. The van der Waals surface area contributed by atoms with Crippen molar-refractivity contribution < 1.29 is 9.84 Å². The summed E-state index contributed by atoms with van der Waals surface area (Å²) in [6, 6.07) is 7.31. The Labute approximate surface area is 118 Å². The van der Waals surface area contributed by atoms with E-state index < -0.39 is 0 Å². The summed E-state index contributed by atoms with van der Waals surface area (Å²) >= 11 is 0. The van der Waals surface area contributed by atoms with Crippen LogP contribution in [0.3, 0.4) is 0 Å². The molecule has 0 spiro atoms. The SMILES string of the molecule is CCCNc1ncnc(Oc2cccc(CO)c2)c1C. The van der Waals surface area contributed by atoms with Crippen molar-refractivity contribution in [1.82, 2.24) is 9.97 Å². The zero-order valence-electron chi connectivity index (χ0n) is 11.8. The second-order valence-electron chi connectivity index (χ2n) is 4.49. The molecule has 106 valence electrons. The second kappa shape index (κ2) is 6.86. The van der Waals surface area contributed by atoms with Gasteiger partial charge >= 0.3 is 0 Å². The second-order valence-corrected chi connectivity index (χ2v) is 4.49. The molecule has 20 heavy (non-hydrogen) atoms. The van der Waals surface area contributed by atoms with E-state index >= 15 is 0 Å². The molecular weight excluding hydrogens is 254 g/mol. The smallest absolute Gasteiger partial charge is 0.227 e. The number of nitrogens with one attached hydrogen (secondary N) is 1. The van der Waals surface area contributed by atoms with Crippen LogP contribution in [0.15, 0.2) is 30.6 Å². The normalized spacial score (nSPS) is 10.3. The third-order valence-corrected chi connectivity index (χ3v) is 2.88. The van der Waals surface area contributed by atoms with Crippen LogP contribution in [-0.2, 0) is 6.61 Å². The van der Waals surface area contributed by atoms with Crippen LogP contribution in [0.25, 0.3) is 0 Å². The van der Waals surface area contributed by atoms with Crippen LogP contribution in [0.4, 0.5) is 5.82 Å². The number of aliphatic hydroxyl groups excluding tert-OH is 1. The van der Waals surface area contributed by atoms with Crippen LogP contribution in [0, 0.1) is 6.92 Å². The third kappa shape index (κ3) is 3.45. The Morgan fingerprint density at radius 1 is 1.30 bits per heavy atom. The van der Waals surface area contributed by atoms with Gasteiger partial charge in [0, 0.05) is 6.54 Å². The first-order valence-electron chi connectivity index (χ1n) is 6.67. The van der Waals surface area contributed by atoms with Crippen LogP contribution in [0.2, 0.25) is 0 Å². The van der Waals surface area contributed by atoms with Crippen molar-refractivity contribution in [3.05, 3.63) is 41.7 Å². The minimum atomic E-state index is -0.0107. The lowest BCUT2D eigenvalue weighted by molar-refractivity contribution is 0.281. The number of nitrogens with zero attached hydrogens (tertiary/aromatic N) is 2. The maximum atomic E-state index is 9.13. The minimum Gasteiger partial charge on any atom is -0.439 e. The average Bonchev–Trinajstić information content (AvgIpc) is 2.48. The summed E-state index contributed by atoms with van der Waals surface area (Å²) in [6.07, 6.45) is 2.51. The molecule has 0 aliphatic carbocycles. The van der Waals surface area contributed by atoms with Gasteiger partial charge in [0.2, 0.25) is 5.88 Å². The fraction of sp³-hybridized carbons (Fsp3) is 0.333. The lowest BCUT2D eigenvalue weighted by Gasteiger charge is -2.11. The maximum absolute atomic E-state index is 9.13.